The molecular formula is C11H13NO4S. The predicted octanol–water partition coefficient (Wildman–Crippen LogP) is 1.21. The lowest BCUT2D eigenvalue weighted by atomic mass is 10.1. The molecule has 0 heterocycles. The number of hydrogen-bond acceptors (Lipinski definition) is 3. The Labute approximate surface area is 99.4 Å². The van der Waals surface area contributed by atoms with Crippen LogP contribution in [0.4, 0.5) is 4.79 Å². The molecule has 0 aliphatic heterocycles. The summed E-state index contributed by atoms with van der Waals surface area (Å²) in [5.74, 6) is 0.166. The van der Waals surface area contributed by atoms with Crippen molar-refractivity contribution in [2.24, 2.45) is 0 Å². The van der Waals surface area contributed by atoms with Crippen LogP contribution in [-0.4, -0.2) is 31.9 Å². The van der Waals surface area contributed by atoms with E-state index in [0.717, 1.165) is 18.2 Å². The first-order chi connectivity index (χ1) is 7.88. The van der Waals surface area contributed by atoms with Gasteiger partial charge in [-0.2, -0.15) is 0 Å². The van der Waals surface area contributed by atoms with Gasteiger partial charge in [0.25, 0.3) is 0 Å². The first kappa shape index (κ1) is 11.9. The third-order valence-corrected chi connectivity index (χ3v) is 3.96. The van der Waals surface area contributed by atoms with Gasteiger partial charge in [-0.25, -0.2) is 13.2 Å². The SMILES string of the molecule is CS(=O)(=O)c1ccc(C2CC2NC(=O)O)cc1. The zero-order chi connectivity index (χ0) is 12.6. The van der Waals surface area contributed by atoms with Gasteiger partial charge in [0.2, 0.25) is 0 Å². The van der Waals surface area contributed by atoms with Gasteiger partial charge in [-0.3, -0.25) is 0 Å². The molecule has 1 aromatic carbocycles. The van der Waals surface area contributed by atoms with E-state index in [-0.39, 0.29) is 16.9 Å². The van der Waals surface area contributed by atoms with Crippen molar-refractivity contribution >= 4 is 15.9 Å². The minimum Gasteiger partial charge on any atom is -0.465 e. The van der Waals surface area contributed by atoms with Gasteiger partial charge >= 0.3 is 6.09 Å². The number of amides is 1. The second kappa shape index (κ2) is 4.03. The van der Waals surface area contributed by atoms with E-state index in [1.807, 2.05) is 0 Å². The molecule has 1 aliphatic rings. The average Bonchev–Trinajstić information content (AvgIpc) is 2.95. The first-order valence-electron chi connectivity index (χ1n) is 5.17. The topological polar surface area (TPSA) is 83.5 Å². The maximum Gasteiger partial charge on any atom is 0.404 e. The van der Waals surface area contributed by atoms with Gasteiger partial charge in [0, 0.05) is 18.2 Å². The predicted molar refractivity (Wildman–Crippen MR) is 61.9 cm³/mol. The van der Waals surface area contributed by atoms with Crippen molar-refractivity contribution in [3.05, 3.63) is 29.8 Å². The van der Waals surface area contributed by atoms with Gasteiger partial charge in [0.15, 0.2) is 9.84 Å². The Morgan fingerprint density at radius 2 is 1.94 bits per heavy atom. The third-order valence-electron chi connectivity index (χ3n) is 2.84. The van der Waals surface area contributed by atoms with Crippen molar-refractivity contribution in [2.45, 2.75) is 23.3 Å². The van der Waals surface area contributed by atoms with Crippen LogP contribution in [0, 0.1) is 0 Å². The lowest BCUT2D eigenvalue weighted by Crippen LogP contribution is -2.24. The van der Waals surface area contributed by atoms with E-state index in [1.54, 1.807) is 24.3 Å². The third kappa shape index (κ3) is 2.76. The van der Waals surface area contributed by atoms with E-state index < -0.39 is 15.9 Å². The van der Waals surface area contributed by atoms with Crippen LogP contribution in [0.2, 0.25) is 0 Å². The van der Waals surface area contributed by atoms with Crippen LogP contribution in [0.1, 0.15) is 17.9 Å². The highest BCUT2D eigenvalue weighted by atomic mass is 32.2. The van der Waals surface area contributed by atoms with Crippen molar-refractivity contribution in [3.8, 4) is 0 Å². The second-order valence-electron chi connectivity index (χ2n) is 4.24. The quantitative estimate of drug-likeness (QED) is 0.850. The lowest BCUT2D eigenvalue weighted by molar-refractivity contribution is 0.193. The van der Waals surface area contributed by atoms with Gasteiger partial charge in [0.05, 0.1) is 4.90 Å². The lowest BCUT2D eigenvalue weighted by Gasteiger charge is -2.02. The van der Waals surface area contributed by atoms with Crippen molar-refractivity contribution in [2.75, 3.05) is 6.26 Å². The van der Waals surface area contributed by atoms with E-state index in [2.05, 4.69) is 5.32 Å². The Morgan fingerprint density at radius 1 is 1.35 bits per heavy atom. The molecule has 2 atom stereocenters. The van der Waals surface area contributed by atoms with E-state index in [1.165, 1.54) is 0 Å². The largest absolute Gasteiger partial charge is 0.465 e. The molecule has 0 bridgehead atoms. The summed E-state index contributed by atoms with van der Waals surface area (Å²) < 4.78 is 22.5. The van der Waals surface area contributed by atoms with Crippen LogP contribution < -0.4 is 5.32 Å². The zero-order valence-corrected chi connectivity index (χ0v) is 10.1. The molecule has 2 rings (SSSR count). The average molecular weight is 255 g/mol. The molecule has 2 unspecified atom stereocenters. The van der Waals surface area contributed by atoms with Crippen LogP contribution in [0.3, 0.4) is 0 Å². The molecule has 92 valence electrons. The molecule has 1 amide bonds. The van der Waals surface area contributed by atoms with Gasteiger partial charge in [-0.1, -0.05) is 12.1 Å². The van der Waals surface area contributed by atoms with Crippen molar-refractivity contribution in [1.29, 1.82) is 0 Å². The fourth-order valence-corrected chi connectivity index (χ4v) is 2.47. The number of carboxylic acid groups (broad SMARTS) is 1. The Balaban J connectivity index is 2.08. The van der Waals surface area contributed by atoms with Crippen LogP contribution in [0.15, 0.2) is 29.2 Å². The minimum atomic E-state index is -3.17. The highest BCUT2D eigenvalue weighted by molar-refractivity contribution is 7.90. The Kier molecular flexibility index (Phi) is 2.82. The fourth-order valence-electron chi connectivity index (χ4n) is 1.84. The highest BCUT2D eigenvalue weighted by Crippen LogP contribution is 2.40. The van der Waals surface area contributed by atoms with Crippen LogP contribution in [0.5, 0.6) is 0 Å². The maximum absolute atomic E-state index is 11.2. The number of rotatable bonds is 3. The summed E-state index contributed by atoms with van der Waals surface area (Å²) in [7, 11) is -3.17. The molecule has 6 heteroatoms. The van der Waals surface area contributed by atoms with Crippen molar-refractivity contribution < 1.29 is 18.3 Å². The minimum absolute atomic E-state index is 0.0448. The van der Waals surface area contributed by atoms with Gasteiger partial charge in [-0.05, 0) is 24.1 Å². The van der Waals surface area contributed by atoms with Crippen LogP contribution >= 0.6 is 0 Å². The molecule has 0 spiro atoms. The van der Waals surface area contributed by atoms with E-state index in [9.17, 15) is 13.2 Å². The molecule has 0 aromatic heterocycles. The van der Waals surface area contributed by atoms with Crippen LogP contribution in [-0.2, 0) is 9.84 Å². The Hall–Kier alpha value is -1.56. The number of sulfone groups is 1. The normalized spacial score (nSPS) is 23.1. The number of nitrogens with one attached hydrogen (secondary N) is 1. The molecule has 1 aliphatic carbocycles. The monoisotopic (exact) mass is 255 g/mol. The van der Waals surface area contributed by atoms with Gasteiger partial charge in [-0.15, -0.1) is 0 Å². The molecule has 1 fully saturated rings. The number of carbonyl (C=O) groups is 1. The van der Waals surface area contributed by atoms with E-state index in [0.29, 0.717) is 0 Å². The van der Waals surface area contributed by atoms with Gasteiger partial charge < -0.3 is 10.4 Å². The fraction of sp³-hybridized carbons (Fsp3) is 0.364. The molecular weight excluding hydrogens is 242 g/mol. The second-order valence-corrected chi connectivity index (χ2v) is 6.26. The standard InChI is InChI=1S/C11H13NO4S/c1-17(15,16)8-4-2-7(3-5-8)9-6-10(9)12-11(13)14/h2-5,9-10,12H,6H2,1H3,(H,13,14). The molecule has 17 heavy (non-hydrogen) atoms. The van der Waals surface area contributed by atoms with Gasteiger partial charge in [0.1, 0.15) is 0 Å². The summed E-state index contributed by atoms with van der Waals surface area (Å²) in [6, 6.07) is 6.55. The first-order valence-corrected chi connectivity index (χ1v) is 7.06. The van der Waals surface area contributed by atoms with Crippen LogP contribution in [0.25, 0.3) is 0 Å². The summed E-state index contributed by atoms with van der Waals surface area (Å²) in [6.07, 6.45) is 0.906. The van der Waals surface area contributed by atoms with E-state index in [4.69, 9.17) is 5.11 Å². The summed E-state index contributed by atoms with van der Waals surface area (Å²) in [5, 5.41) is 11.0. The van der Waals surface area contributed by atoms with Crippen molar-refractivity contribution in [1.82, 2.24) is 5.32 Å². The number of hydrogen-bond donors (Lipinski definition) is 2. The van der Waals surface area contributed by atoms with E-state index >= 15 is 0 Å². The maximum atomic E-state index is 11.2. The molecule has 1 saturated carbocycles. The smallest absolute Gasteiger partial charge is 0.404 e. The van der Waals surface area contributed by atoms with Crippen molar-refractivity contribution in [3.63, 3.8) is 0 Å². The molecule has 0 saturated heterocycles. The summed E-state index contributed by atoms with van der Waals surface area (Å²) in [5.41, 5.74) is 0.969. The molecule has 2 N–H and O–H groups in total. The highest BCUT2D eigenvalue weighted by Gasteiger charge is 2.39. The summed E-state index contributed by atoms with van der Waals surface area (Å²) in [6.45, 7) is 0. The number of benzene rings is 1. The Morgan fingerprint density at radius 3 is 2.41 bits per heavy atom. The molecule has 5 nitrogen and oxygen atoms in total. The molecule has 1 aromatic rings. The summed E-state index contributed by atoms with van der Waals surface area (Å²) >= 11 is 0. The Bertz CT molecular complexity index is 535. The molecule has 0 radical (unpaired) electrons. The summed E-state index contributed by atoms with van der Waals surface area (Å²) in [4.78, 5) is 10.7. The zero-order valence-electron chi connectivity index (χ0n) is 9.25.